The average Bonchev–Trinajstić information content (AvgIpc) is 2.12. The first-order chi connectivity index (χ1) is 3.80. The number of aromatic nitrogens is 1. The van der Waals surface area contributed by atoms with Crippen molar-refractivity contribution in [2.24, 2.45) is 0 Å². The third kappa shape index (κ3) is 1.83. The molecule has 0 unspecified atom stereocenters. The monoisotopic (exact) mass is 149 g/mol. The topological polar surface area (TPSA) is 74.6 Å². The molecule has 0 aliphatic rings. The van der Waals surface area contributed by atoms with E-state index in [9.17, 15) is 4.79 Å². The third-order valence-electron chi connectivity index (χ3n) is 0.632. The number of rotatable bonds is 1. The minimum atomic E-state index is -0.623. The van der Waals surface area contributed by atoms with Gasteiger partial charge in [0.1, 0.15) is 0 Å². The highest BCUT2D eigenvalue weighted by molar-refractivity contribution is 6.67. The van der Waals surface area contributed by atoms with Crippen molar-refractivity contribution in [3.05, 3.63) is 18.0 Å². The van der Waals surface area contributed by atoms with Gasteiger partial charge in [0.2, 0.25) is 5.76 Å². The Morgan fingerprint density at radius 3 is 2.67 bits per heavy atom. The van der Waals surface area contributed by atoms with Gasteiger partial charge in [-0.15, -0.1) is 0 Å². The minimum absolute atomic E-state index is 0. The van der Waals surface area contributed by atoms with E-state index in [0.29, 0.717) is 0 Å². The van der Waals surface area contributed by atoms with E-state index in [2.05, 4.69) is 9.68 Å². The van der Waals surface area contributed by atoms with Gasteiger partial charge in [0, 0.05) is 6.07 Å². The molecule has 50 valence electrons. The van der Waals surface area contributed by atoms with Gasteiger partial charge in [0.05, 0.1) is 6.20 Å². The molecule has 5 heteroatoms. The highest BCUT2D eigenvalue weighted by Gasteiger charge is 2.02. The lowest BCUT2D eigenvalue weighted by Crippen LogP contribution is -1.81. The van der Waals surface area contributed by atoms with Crippen molar-refractivity contribution in [2.75, 3.05) is 0 Å². The second-order valence-corrected chi connectivity index (χ2v) is 1.49. The van der Waals surface area contributed by atoms with E-state index in [4.69, 9.17) is 11.6 Å². The molecule has 0 aliphatic carbocycles. The number of halogens is 1. The highest BCUT2D eigenvalue weighted by atomic mass is 35.5. The van der Waals surface area contributed by atoms with Crippen LogP contribution < -0.4 is 0 Å². The zero-order valence-corrected chi connectivity index (χ0v) is 5.05. The molecule has 4 nitrogen and oxygen atoms in total. The van der Waals surface area contributed by atoms with Crippen molar-refractivity contribution in [3.63, 3.8) is 0 Å². The van der Waals surface area contributed by atoms with Crippen LogP contribution in [0.25, 0.3) is 0 Å². The average molecular weight is 150 g/mol. The second-order valence-electron chi connectivity index (χ2n) is 1.15. The molecule has 9 heavy (non-hydrogen) atoms. The molecule has 0 aromatic carbocycles. The van der Waals surface area contributed by atoms with Crippen molar-refractivity contribution in [3.8, 4) is 0 Å². The fourth-order valence-electron chi connectivity index (χ4n) is 0.317. The second kappa shape index (κ2) is 3.21. The maximum absolute atomic E-state index is 10.1. The molecule has 2 N–H and O–H groups in total. The van der Waals surface area contributed by atoms with Crippen LogP contribution in [0.4, 0.5) is 0 Å². The molecule has 0 spiro atoms. The normalized spacial score (nSPS) is 8.11. The Morgan fingerprint density at radius 2 is 2.44 bits per heavy atom. The summed E-state index contributed by atoms with van der Waals surface area (Å²) in [7, 11) is 0. The molecule has 0 aliphatic heterocycles. The number of hydrogen-bond acceptors (Lipinski definition) is 3. The van der Waals surface area contributed by atoms with Gasteiger partial charge in [0.25, 0.3) is 5.24 Å². The molecule has 1 aromatic heterocycles. The number of hydrogen-bond donors (Lipinski definition) is 0. The number of carbonyl (C=O) groups excluding carboxylic acids is 1. The van der Waals surface area contributed by atoms with Crippen molar-refractivity contribution in [2.45, 2.75) is 0 Å². The van der Waals surface area contributed by atoms with Crippen molar-refractivity contribution in [1.82, 2.24) is 5.16 Å². The largest absolute Gasteiger partial charge is 0.412 e. The van der Waals surface area contributed by atoms with Crippen LogP contribution in [0.15, 0.2) is 16.8 Å². The van der Waals surface area contributed by atoms with Crippen LogP contribution in [0, 0.1) is 0 Å². The summed E-state index contributed by atoms with van der Waals surface area (Å²) in [4.78, 5) is 10.1. The summed E-state index contributed by atoms with van der Waals surface area (Å²) in [5.41, 5.74) is 0. The van der Waals surface area contributed by atoms with Crippen LogP contribution in [-0.2, 0) is 0 Å². The smallest absolute Gasteiger partial charge is 0.290 e. The maximum atomic E-state index is 10.1. The first kappa shape index (κ1) is 8.13. The minimum Gasteiger partial charge on any atom is -0.412 e. The standard InChI is InChI=1S/C4H2ClNO2.H2O/c5-4(7)3-1-2-6-8-3;/h1-2H;1H2. The lowest BCUT2D eigenvalue weighted by Gasteiger charge is -1.74. The summed E-state index contributed by atoms with van der Waals surface area (Å²) >= 11 is 4.97. The third-order valence-corrected chi connectivity index (χ3v) is 0.818. The predicted octanol–water partition coefficient (Wildman–Crippen LogP) is 0.229. The first-order valence-corrected chi connectivity index (χ1v) is 2.29. The molecule has 1 rings (SSSR count). The van der Waals surface area contributed by atoms with Crippen molar-refractivity contribution >= 4 is 16.8 Å². The van der Waals surface area contributed by atoms with Crippen LogP contribution in [0.3, 0.4) is 0 Å². The Bertz CT molecular complexity index is 184. The zero-order chi connectivity index (χ0) is 5.98. The van der Waals surface area contributed by atoms with Gasteiger partial charge in [0.15, 0.2) is 0 Å². The fourth-order valence-corrected chi connectivity index (χ4v) is 0.415. The van der Waals surface area contributed by atoms with Gasteiger partial charge >= 0.3 is 0 Å². The van der Waals surface area contributed by atoms with Crippen LogP contribution >= 0.6 is 11.6 Å². The summed E-state index contributed by atoms with van der Waals surface area (Å²) in [5.74, 6) is 0.0756. The molecule has 0 amide bonds. The van der Waals surface area contributed by atoms with Crippen LogP contribution in [0.1, 0.15) is 10.6 Å². The summed E-state index contributed by atoms with van der Waals surface area (Å²) in [6.07, 6.45) is 1.36. The van der Waals surface area contributed by atoms with Crippen molar-refractivity contribution < 1.29 is 14.8 Å². The lowest BCUT2D eigenvalue weighted by molar-refractivity contribution is 0.104. The van der Waals surface area contributed by atoms with Gasteiger partial charge in [-0.25, -0.2) is 0 Å². The molecular weight excluding hydrogens is 146 g/mol. The fraction of sp³-hybridized carbons (Fsp3) is 0. The SMILES string of the molecule is O.O=C(Cl)c1ccno1. The van der Waals surface area contributed by atoms with Gasteiger partial charge in [-0.1, -0.05) is 5.16 Å². The number of nitrogens with zero attached hydrogens (tertiary/aromatic N) is 1. The van der Waals surface area contributed by atoms with Gasteiger partial charge < -0.3 is 10.00 Å². The molecule has 0 atom stereocenters. The summed E-state index contributed by atoms with van der Waals surface area (Å²) in [6.45, 7) is 0. The van der Waals surface area contributed by atoms with E-state index >= 15 is 0 Å². The van der Waals surface area contributed by atoms with E-state index < -0.39 is 5.24 Å². The Kier molecular flexibility index (Phi) is 2.90. The van der Waals surface area contributed by atoms with Crippen LogP contribution in [-0.4, -0.2) is 15.9 Å². The van der Waals surface area contributed by atoms with Crippen LogP contribution in [0.5, 0.6) is 0 Å². The van der Waals surface area contributed by atoms with E-state index in [1.807, 2.05) is 0 Å². The summed E-state index contributed by atoms with van der Waals surface area (Å²) < 4.78 is 4.36. The Balaban J connectivity index is 0.000000640. The zero-order valence-electron chi connectivity index (χ0n) is 4.30. The van der Waals surface area contributed by atoms with Crippen molar-refractivity contribution in [1.29, 1.82) is 0 Å². The first-order valence-electron chi connectivity index (χ1n) is 1.91. The highest BCUT2D eigenvalue weighted by Crippen LogP contribution is 1.99. The molecular formula is C4H4ClNO3. The molecule has 0 radical (unpaired) electrons. The molecule has 0 saturated carbocycles. The Labute approximate surface area is 55.7 Å². The molecule has 1 aromatic rings. The molecule has 0 saturated heterocycles. The quantitative estimate of drug-likeness (QED) is 0.537. The van der Waals surface area contributed by atoms with Gasteiger partial charge in [-0.3, -0.25) is 4.79 Å². The maximum Gasteiger partial charge on any atom is 0.290 e. The van der Waals surface area contributed by atoms with E-state index in [1.54, 1.807) is 0 Å². The predicted molar refractivity (Wildman–Crippen MR) is 30.3 cm³/mol. The lowest BCUT2D eigenvalue weighted by atomic mass is 10.5. The molecule has 0 fully saturated rings. The van der Waals surface area contributed by atoms with E-state index in [-0.39, 0.29) is 11.2 Å². The molecule has 0 bridgehead atoms. The summed E-state index contributed by atoms with van der Waals surface area (Å²) in [5, 5.41) is 2.64. The number of carbonyl (C=O) groups is 1. The summed E-state index contributed by atoms with van der Waals surface area (Å²) in [6, 6.07) is 1.40. The van der Waals surface area contributed by atoms with Gasteiger partial charge in [-0.2, -0.15) is 0 Å². The van der Waals surface area contributed by atoms with E-state index in [1.165, 1.54) is 12.3 Å². The van der Waals surface area contributed by atoms with Crippen LogP contribution in [0.2, 0.25) is 0 Å². The Morgan fingerprint density at radius 1 is 1.78 bits per heavy atom. The molecule has 1 heterocycles. The van der Waals surface area contributed by atoms with Gasteiger partial charge in [-0.05, 0) is 11.6 Å². The Hall–Kier alpha value is -0.870. The van der Waals surface area contributed by atoms with E-state index in [0.717, 1.165) is 0 Å².